The van der Waals surface area contributed by atoms with E-state index in [0.29, 0.717) is 16.3 Å². The van der Waals surface area contributed by atoms with Gasteiger partial charge >= 0.3 is 6.18 Å². The number of nitrogens with one attached hydrogen (secondary N) is 1. The number of hydrogen-bond acceptors (Lipinski definition) is 2. The van der Waals surface area contributed by atoms with Crippen molar-refractivity contribution in [2.75, 3.05) is 11.9 Å². The molecule has 0 bridgehead atoms. The Morgan fingerprint density at radius 1 is 1.04 bits per heavy atom. The number of aromatic nitrogens is 2. The third-order valence-corrected chi connectivity index (χ3v) is 4.54. The van der Waals surface area contributed by atoms with Crippen molar-refractivity contribution in [1.29, 1.82) is 0 Å². The third kappa shape index (κ3) is 2.76. The number of hydrogen-bond donors (Lipinski definition) is 1. The quantitative estimate of drug-likeness (QED) is 0.680. The Labute approximate surface area is 147 Å². The van der Waals surface area contributed by atoms with Gasteiger partial charge in [-0.05, 0) is 30.7 Å². The molecule has 3 aromatic rings. The molecule has 0 saturated carbocycles. The van der Waals surface area contributed by atoms with Crippen LogP contribution < -0.4 is 5.32 Å². The fourth-order valence-electron chi connectivity index (χ4n) is 3.02. The van der Waals surface area contributed by atoms with Gasteiger partial charge in [-0.2, -0.15) is 18.3 Å². The molecule has 0 spiro atoms. The number of fused-ring (bicyclic) bond motifs is 1. The molecule has 1 aliphatic rings. The molecule has 7 heteroatoms. The molecule has 1 N–H and O–H groups in total. The van der Waals surface area contributed by atoms with Gasteiger partial charge in [0.15, 0.2) is 0 Å². The van der Waals surface area contributed by atoms with E-state index >= 15 is 0 Å². The Bertz CT molecular complexity index is 930. The Morgan fingerprint density at radius 2 is 1.76 bits per heavy atom. The number of alkyl halides is 3. The third-order valence-electron chi connectivity index (χ3n) is 4.22. The van der Waals surface area contributed by atoms with Crippen molar-refractivity contribution in [2.24, 2.45) is 0 Å². The molecule has 0 saturated heterocycles. The van der Waals surface area contributed by atoms with Crippen LogP contribution in [0.4, 0.5) is 19.0 Å². The van der Waals surface area contributed by atoms with Gasteiger partial charge in [-0.25, -0.2) is 4.68 Å². The van der Waals surface area contributed by atoms with Gasteiger partial charge in [0.1, 0.15) is 5.82 Å². The van der Waals surface area contributed by atoms with Crippen LogP contribution in [0.1, 0.15) is 11.1 Å². The lowest BCUT2D eigenvalue weighted by Crippen LogP contribution is -2.05. The molecular weight excluding hydrogens is 351 g/mol. The zero-order chi connectivity index (χ0) is 17.6. The first kappa shape index (κ1) is 16.0. The monoisotopic (exact) mass is 363 g/mol. The molecule has 2 aromatic carbocycles. The molecule has 3 nitrogen and oxygen atoms in total. The molecule has 0 aliphatic carbocycles. The standard InChI is InChI=1S/C18H13ClF3N3/c19-14-3-1-2-4-15(14)25-17-13(9-10-23-17)16(24-25)11-5-7-12(8-6-11)18(20,21)22/h1-8,23H,9-10H2. The van der Waals surface area contributed by atoms with Crippen LogP contribution in [-0.2, 0) is 12.6 Å². The lowest BCUT2D eigenvalue weighted by Gasteiger charge is -2.08. The van der Waals surface area contributed by atoms with Gasteiger partial charge in [0.05, 0.1) is 22.0 Å². The Kier molecular flexibility index (Phi) is 3.72. The van der Waals surface area contributed by atoms with E-state index in [1.165, 1.54) is 12.1 Å². The summed E-state index contributed by atoms with van der Waals surface area (Å²) in [6, 6.07) is 12.4. The number of halogens is 4. The molecule has 25 heavy (non-hydrogen) atoms. The summed E-state index contributed by atoms with van der Waals surface area (Å²) in [4.78, 5) is 0. The average molecular weight is 364 g/mol. The first-order valence-corrected chi connectivity index (χ1v) is 8.11. The van der Waals surface area contributed by atoms with E-state index in [-0.39, 0.29) is 0 Å². The molecule has 0 radical (unpaired) electrons. The minimum Gasteiger partial charge on any atom is -0.369 e. The number of para-hydroxylation sites is 1. The van der Waals surface area contributed by atoms with Crippen molar-refractivity contribution < 1.29 is 13.2 Å². The molecule has 1 aromatic heterocycles. The summed E-state index contributed by atoms with van der Waals surface area (Å²) in [5.41, 5.74) is 2.37. The SMILES string of the molecule is FC(F)(F)c1ccc(-c2nn(-c3ccccc3Cl)c3c2CCN3)cc1. The minimum atomic E-state index is -4.35. The molecular formula is C18H13ClF3N3. The van der Waals surface area contributed by atoms with Crippen LogP contribution in [0.2, 0.25) is 5.02 Å². The largest absolute Gasteiger partial charge is 0.416 e. The van der Waals surface area contributed by atoms with E-state index in [0.717, 1.165) is 42.2 Å². The van der Waals surface area contributed by atoms with Gasteiger partial charge in [0.25, 0.3) is 0 Å². The number of rotatable bonds is 2. The Morgan fingerprint density at radius 3 is 2.44 bits per heavy atom. The fraction of sp³-hybridized carbons (Fsp3) is 0.167. The lowest BCUT2D eigenvalue weighted by atomic mass is 10.0. The maximum atomic E-state index is 12.8. The predicted octanol–water partition coefficient (Wildman–Crippen LogP) is 5.18. The smallest absolute Gasteiger partial charge is 0.369 e. The Hall–Kier alpha value is -2.47. The van der Waals surface area contributed by atoms with E-state index in [1.807, 2.05) is 18.2 Å². The van der Waals surface area contributed by atoms with Crippen LogP contribution in [0.3, 0.4) is 0 Å². The number of benzene rings is 2. The maximum absolute atomic E-state index is 12.8. The van der Waals surface area contributed by atoms with Gasteiger partial charge < -0.3 is 5.32 Å². The van der Waals surface area contributed by atoms with Crippen LogP contribution in [0.5, 0.6) is 0 Å². The molecule has 0 atom stereocenters. The summed E-state index contributed by atoms with van der Waals surface area (Å²) in [6.45, 7) is 0.755. The first-order valence-electron chi connectivity index (χ1n) is 7.73. The summed E-state index contributed by atoms with van der Waals surface area (Å²) in [5.74, 6) is 0.836. The van der Waals surface area contributed by atoms with Crippen molar-refractivity contribution in [3.63, 3.8) is 0 Å². The minimum absolute atomic E-state index is 0.556. The summed E-state index contributed by atoms with van der Waals surface area (Å²) in [7, 11) is 0. The highest BCUT2D eigenvalue weighted by atomic mass is 35.5. The van der Waals surface area contributed by atoms with E-state index < -0.39 is 11.7 Å². The summed E-state index contributed by atoms with van der Waals surface area (Å²) in [5, 5.41) is 8.45. The molecule has 0 fully saturated rings. The highest BCUT2D eigenvalue weighted by Crippen LogP contribution is 2.37. The topological polar surface area (TPSA) is 29.9 Å². The van der Waals surface area contributed by atoms with Gasteiger partial charge in [-0.15, -0.1) is 0 Å². The zero-order valence-corrected chi connectivity index (χ0v) is 13.7. The summed E-state index contributed by atoms with van der Waals surface area (Å²) < 4.78 is 40.0. The second-order valence-corrected chi connectivity index (χ2v) is 6.20. The van der Waals surface area contributed by atoms with E-state index in [4.69, 9.17) is 11.6 Å². The molecule has 2 heterocycles. The van der Waals surface area contributed by atoms with E-state index in [1.54, 1.807) is 10.7 Å². The van der Waals surface area contributed by atoms with Crippen molar-refractivity contribution >= 4 is 17.4 Å². The highest BCUT2D eigenvalue weighted by Gasteiger charge is 2.30. The predicted molar refractivity (Wildman–Crippen MR) is 91.2 cm³/mol. The fourth-order valence-corrected chi connectivity index (χ4v) is 3.24. The summed E-state index contributed by atoms with van der Waals surface area (Å²) >= 11 is 6.27. The summed E-state index contributed by atoms with van der Waals surface area (Å²) in [6.07, 6.45) is -3.59. The van der Waals surface area contributed by atoms with Gasteiger partial charge in [0, 0.05) is 17.7 Å². The number of anilines is 1. The molecule has 4 rings (SSSR count). The van der Waals surface area contributed by atoms with Crippen molar-refractivity contribution in [1.82, 2.24) is 9.78 Å². The van der Waals surface area contributed by atoms with Crippen LogP contribution in [-0.4, -0.2) is 16.3 Å². The van der Waals surface area contributed by atoms with Gasteiger partial charge in [-0.3, -0.25) is 0 Å². The normalized spacial score (nSPS) is 13.6. The van der Waals surface area contributed by atoms with Crippen LogP contribution in [0, 0.1) is 0 Å². The van der Waals surface area contributed by atoms with Crippen molar-refractivity contribution in [3.05, 3.63) is 64.7 Å². The molecule has 128 valence electrons. The highest BCUT2D eigenvalue weighted by molar-refractivity contribution is 6.32. The maximum Gasteiger partial charge on any atom is 0.416 e. The van der Waals surface area contributed by atoms with Crippen molar-refractivity contribution in [2.45, 2.75) is 12.6 Å². The van der Waals surface area contributed by atoms with Gasteiger partial charge in [-0.1, -0.05) is 35.9 Å². The molecule has 1 aliphatic heterocycles. The van der Waals surface area contributed by atoms with Crippen LogP contribution >= 0.6 is 11.6 Å². The Balaban J connectivity index is 1.82. The van der Waals surface area contributed by atoms with E-state index in [2.05, 4.69) is 10.4 Å². The lowest BCUT2D eigenvalue weighted by molar-refractivity contribution is -0.137. The average Bonchev–Trinajstić information content (AvgIpc) is 3.17. The van der Waals surface area contributed by atoms with Crippen LogP contribution in [0.15, 0.2) is 48.5 Å². The molecule has 0 amide bonds. The second kappa shape index (κ2) is 5.81. The second-order valence-electron chi connectivity index (χ2n) is 5.79. The van der Waals surface area contributed by atoms with Crippen molar-refractivity contribution in [3.8, 4) is 16.9 Å². The first-order chi connectivity index (χ1) is 11.9. The number of nitrogens with zero attached hydrogens (tertiary/aromatic N) is 2. The zero-order valence-electron chi connectivity index (χ0n) is 12.9. The van der Waals surface area contributed by atoms with Crippen LogP contribution in [0.25, 0.3) is 16.9 Å². The van der Waals surface area contributed by atoms with E-state index in [9.17, 15) is 13.2 Å². The van der Waals surface area contributed by atoms with Gasteiger partial charge in [0.2, 0.25) is 0 Å². The molecule has 0 unspecified atom stereocenters.